The van der Waals surface area contributed by atoms with E-state index in [2.05, 4.69) is 19.8 Å². The Morgan fingerprint density at radius 3 is 2.73 bits per heavy atom. The van der Waals surface area contributed by atoms with Crippen LogP contribution in [0.15, 0.2) is 42.6 Å². The lowest BCUT2D eigenvalue weighted by Gasteiger charge is -2.36. The van der Waals surface area contributed by atoms with Gasteiger partial charge in [0.05, 0.1) is 24.9 Å². The van der Waals surface area contributed by atoms with E-state index in [-0.39, 0.29) is 18.0 Å². The molecule has 8 nitrogen and oxygen atoms in total. The predicted molar refractivity (Wildman–Crippen MR) is 123 cm³/mol. The Balaban J connectivity index is 1.21. The van der Waals surface area contributed by atoms with Crippen LogP contribution in [0.25, 0.3) is 11.0 Å². The summed E-state index contributed by atoms with van der Waals surface area (Å²) >= 11 is 0. The number of piperazine rings is 1. The van der Waals surface area contributed by atoms with Crippen LogP contribution in [-0.2, 0) is 4.74 Å². The van der Waals surface area contributed by atoms with E-state index in [9.17, 15) is 9.18 Å². The van der Waals surface area contributed by atoms with Crippen molar-refractivity contribution < 1.29 is 18.7 Å². The van der Waals surface area contributed by atoms with Crippen molar-refractivity contribution in [2.75, 3.05) is 56.2 Å². The van der Waals surface area contributed by atoms with Crippen molar-refractivity contribution in [1.82, 2.24) is 14.9 Å². The topological polar surface area (TPSA) is 71.0 Å². The average molecular weight is 452 g/mol. The highest BCUT2D eigenvalue weighted by atomic mass is 19.1. The number of methoxy groups -OCH3 is 1. The first kappa shape index (κ1) is 21.4. The van der Waals surface area contributed by atoms with Gasteiger partial charge < -0.3 is 14.4 Å². The lowest BCUT2D eigenvalue weighted by Crippen LogP contribution is -2.49. The number of amides is 1. The monoisotopic (exact) mass is 451 g/mol. The molecule has 0 bridgehead atoms. The largest absolute Gasteiger partial charge is 0.481 e. The van der Waals surface area contributed by atoms with Gasteiger partial charge in [0.15, 0.2) is 0 Å². The fourth-order valence-corrected chi connectivity index (χ4v) is 4.45. The molecule has 0 saturated carbocycles. The van der Waals surface area contributed by atoms with Gasteiger partial charge in [0.2, 0.25) is 5.88 Å². The zero-order valence-corrected chi connectivity index (χ0v) is 18.7. The average Bonchev–Trinajstić information content (AvgIpc) is 3.20. The number of cyclic esters (lactones) is 1. The van der Waals surface area contributed by atoms with Crippen molar-refractivity contribution in [2.45, 2.75) is 13.0 Å². The SMILES string of the molecule is COc1ccc2nccc(N3CCN(CC4CN(c5ccc(F)c(C)c5)C(=O)O4)CC3)c2n1. The summed E-state index contributed by atoms with van der Waals surface area (Å²) in [6, 6.07) is 10.4. The summed E-state index contributed by atoms with van der Waals surface area (Å²) in [6.45, 7) is 6.17. The summed E-state index contributed by atoms with van der Waals surface area (Å²) in [6.07, 6.45) is 1.21. The van der Waals surface area contributed by atoms with Gasteiger partial charge in [-0.3, -0.25) is 14.8 Å². The van der Waals surface area contributed by atoms with E-state index in [1.165, 1.54) is 6.07 Å². The van der Waals surface area contributed by atoms with Gasteiger partial charge in [-0.15, -0.1) is 0 Å². The molecule has 2 saturated heterocycles. The molecule has 172 valence electrons. The second-order valence-corrected chi connectivity index (χ2v) is 8.39. The lowest BCUT2D eigenvalue weighted by molar-refractivity contribution is 0.106. The Kier molecular flexibility index (Phi) is 5.72. The second-order valence-electron chi connectivity index (χ2n) is 8.39. The maximum Gasteiger partial charge on any atom is 0.414 e. The second kappa shape index (κ2) is 8.82. The number of ether oxygens (including phenoxy) is 2. The van der Waals surface area contributed by atoms with Crippen LogP contribution < -0.4 is 14.5 Å². The van der Waals surface area contributed by atoms with Gasteiger partial charge in [-0.1, -0.05) is 0 Å². The van der Waals surface area contributed by atoms with E-state index in [0.29, 0.717) is 30.2 Å². The van der Waals surface area contributed by atoms with Gasteiger partial charge in [-0.25, -0.2) is 14.2 Å². The third-order valence-electron chi connectivity index (χ3n) is 6.25. The molecule has 0 spiro atoms. The molecular weight excluding hydrogens is 425 g/mol. The van der Waals surface area contributed by atoms with Gasteiger partial charge >= 0.3 is 6.09 Å². The number of benzene rings is 1. The number of hydrogen-bond acceptors (Lipinski definition) is 7. The van der Waals surface area contributed by atoms with Crippen molar-refractivity contribution in [3.63, 3.8) is 0 Å². The van der Waals surface area contributed by atoms with Crippen LogP contribution in [0.1, 0.15) is 5.56 Å². The summed E-state index contributed by atoms with van der Waals surface area (Å²) in [5.74, 6) is 0.288. The van der Waals surface area contributed by atoms with Gasteiger partial charge in [-0.2, -0.15) is 0 Å². The number of anilines is 2. The number of rotatable bonds is 5. The van der Waals surface area contributed by atoms with E-state index in [4.69, 9.17) is 9.47 Å². The Labute approximate surface area is 191 Å². The van der Waals surface area contributed by atoms with Crippen LogP contribution >= 0.6 is 0 Å². The molecule has 1 unspecified atom stereocenters. The minimum atomic E-state index is -0.382. The highest BCUT2D eigenvalue weighted by Crippen LogP contribution is 2.28. The predicted octanol–water partition coefficient (Wildman–Crippen LogP) is 3.23. The van der Waals surface area contributed by atoms with Gasteiger partial charge in [0.25, 0.3) is 0 Å². The van der Waals surface area contributed by atoms with E-state index < -0.39 is 0 Å². The molecule has 1 aromatic carbocycles. The highest BCUT2D eigenvalue weighted by molar-refractivity contribution is 5.90. The molecule has 2 aliphatic rings. The van der Waals surface area contributed by atoms with Crippen molar-refractivity contribution in [2.24, 2.45) is 0 Å². The Morgan fingerprint density at radius 1 is 1.15 bits per heavy atom. The maximum absolute atomic E-state index is 13.6. The van der Waals surface area contributed by atoms with E-state index in [1.54, 1.807) is 31.1 Å². The summed E-state index contributed by atoms with van der Waals surface area (Å²) in [5, 5.41) is 0. The first-order chi connectivity index (χ1) is 16.0. The third kappa shape index (κ3) is 4.28. The summed E-state index contributed by atoms with van der Waals surface area (Å²) in [4.78, 5) is 27.6. The zero-order chi connectivity index (χ0) is 22.9. The van der Waals surface area contributed by atoms with Gasteiger partial charge in [0.1, 0.15) is 17.4 Å². The van der Waals surface area contributed by atoms with Crippen LogP contribution in [0.4, 0.5) is 20.6 Å². The molecule has 3 aromatic rings. The molecule has 33 heavy (non-hydrogen) atoms. The molecular formula is C24H26FN5O3. The van der Waals surface area contributed by atoms with E-state index in [1.807, 2.05) is 24.4 Å². The number of nitrogens with zero attached hydrogens (tertiary/aromatic N) is 5. The number of carbonyl (C=O) groups excluding carboxylic acids is 1. The van der Waals surface area contributed by atoms with Crippen LogP contribution in [0.5, 0.6) is 5.88 Å². The Hall–Kier alpha value is -3.46. The van der Waals surface area contributed by atoms with Crippen LogP contribution in [0.3, 0.4) is 0 Å². The lowest BCUT2D eigenvalue weighted by atomic mass is 10.2. The standard InChI is InChI=1S/C24H26FN5O3/c1-16-13-17(3-4-19(16)25)30-15-18(33-24(30)31)14-28-9-11-29(12-10-28)21-7-8-26-20-5-6-22(32-2)27-23(20)21/h3-8,13,18H,9-12,14-15H2,1-2H3. The first-order valence-electron chi connectivity index (χ1n) is 11.0. The number of aryl methyl sites for hydroxylation is 1. The van der Waals surface area contributed by atoms with Crippen molar-refractivity contribution in [3.05, 3.63) is 54.0 Å². The molecule has 1 amide bonds. The quantitative estimate of drug-likeness (QED) is 0.590. The Bertz CT molecular complexity index is 1180. The minimum Gasteiger partial charge on any atom is -0.481 e. The molecule has 0 radical (unpaired) electrons. The number of fused-ring (bicyclic) bond motifs is 1. The molecule has 4 heterocycles. The maximum atomic E-state index is 13.6. The minimum absolute atomic E-state index is 0.220. The molecule has 2 aromatic heterocycles. The van der Waals surface area contributed by atoms with E-state index in [0.717, 1.165) is 42.9 Å². The van der Waals surface area contributed by atoms with Crippen molar-refractivity contribution >= 4 is 28.5 Å². The summed E-state index contributed by atoms with van der Waals surface area (Å²) < 4.78 is 24.5. The number of hydrogen-bond donors (Lipinski definition) is 0. The smallest absolute Gasteiger partial charge is 0.414 e. The molecule has 0 N–H and O–H groups in total. The molecule has 9 heteroatoms. The Morgan fingerprint density at radius 2 is 1.97 bits per heavy atom. The summed E-state index contributed by atoms with van der Waals surface area (Å²) in [7, 11) is 1.61. The van der Waals surface area contributed by atoms with Crippen molar-refractivity contribution in [1.29, 1.82) is 0 Å². The van der Waals surface area contributed by atoms with Crippen molar-refractivity contribution in [3.8, 4) is 5.88 Å². The molecule has 1 atom stereocenters. The number of pyridine rings is 2. The fourth-order valence-electron chi connectivity index (χ4n) is 4.45. The molecule has 2 fully saturated rings. The summed E-state index contributed by atoms with van der Waals surface area (Å²) in [5.41, 5.74) is 3.89. The fraction of sp³-hybridized carbons (Fsp3) is 0.375. The number of carbonyl (C=O) groups is 1. The normalized spacial score (nSPS) is 19.2. The number of halogens is 1. The molecule has 2 aliphatic heterocycles. The van der Waals surface area contributed by atoms with Gasteiger partial charge in [-0.05, 0) is 42.8 Å². The molecule has 0 aliphatic carbocycles. The van der Waals surface area contributed by atoms with Crippen LogP contribution in [0, 0.1) is 12.7 Å². The van der Waals surface area contributed by atoms with Crippen LogP contribution in [-0.4, -0.2) is 73.4 Å². The van der Waals surface area contributed by atoms with Crippen LogP contribution in [0.2, 0.25) is 0 Å². The number of aromatic nitrogens is 2. The first-order valence-corrected chi connectivity index (χ1v) is 11.0. The highest BCUT2D eigenvalue weighted by Gasteiger charge is 2.34. The molecule has 5 rings (SSSR count). The van der Waals surface area contributed by atoms with E-state index >= 15 is 0 Å². The third-order valence-corrected chi connectivity index (χ3v) is 6.25. The van der Waals surface area contributed by atoms with Gasteiger partial charge in [0, 0.05) is 50.7 Å². The zero-order valence-electron chi connectivity index (χ0n) is 18.7.